The van der Waals surface area contributed by atoms with Crippen molar-refractivity contribution in [3.63, 3.8) is 0 Å². The molecule has 1 aliphatic rings. The summed E-state index contributed by atoms with van der Waals surface area (Å²) in [6.07, 6.45) is 0.910. The summed E-state index contributed by atoms with van der Waals surface area (Å²) in [5, 5.41) is 11.9. The van der Waals surface area contributed by atoms with Crippen LogP contribution in [0.25, 0.3) is 10.9 Å². The number of hydrogen-bond donors (Lipinski definition) is 0. The lowest BCUT2D eigenvalue weighted by molar-refractivity contribution is -0.384. The number of nitro benzene ring substituents is 1. The number of methoxy groups -OCH3 is 1. The van der Waals surface area contributed by atoms with Crippen molar-refractivity contribution in [2.75, 3.05) is 7.11 Å². The number of carbonyl (C=O) groups excluding carboxylic acids is 2. The van der Waals surface area contributed by atoms with E-state index in [1.165, 1.54) is 29.9 Å². The molecule has 0 saturated heterocycles. The SMILES string of the molecule is COC(=O)/C=C1/CC(c2ccc([N+](=O)[O-])cc2)c2c(n(C(=O)OC(C)(C)C)c3ccccc23)O1. The molecule has 2 aromatic carbocycles. The van der Waals surface area contributed by atoms with Crippen LogP contribution in [0.5, 0.6) is 5.88 Å². The van der Waals surface area contributed by atoms with Gasteiger partial charge >= 0.3 is 12.1 Å². The monoisotopic (exact) mass is 464 g/mol. The van der Waals surface area contributed by atoms with Crippen LogP contribution in [0.15, 0.2) is 60.4 Å². The van der Waals surface area contributed by atoms with Crippen LogP contribution in [-0.2, 0) is 14.3 Å². The molecule has 176 valence electrons. The van der Waals surface area contributed by atoms with E-state index in [0.29, 0.717) is 17.7 Å². The first-order valence-corrected chi connectivity index (χ1v) is 10.7. The van der Waals surface area contributed by atoms with Crippen LogP contribution in [0.2, 0.25) is 0 Å². The molecule has 3 aromatic rings. The summed E-state index contributed by atoms with van der Waals surface area (Å²) in [6, 6.07) is 13.5. The topological polar surface area (TPSA) is 110 Å². The molecule has 9 nitrogen and oxygen atoms in total. The van der Waals surface area contributed by atoms with Crippen molar-refractivity contribution < 1.29 is 28.7 Å². The molecular weight excluding hydrogens is 440 g/mol. The van der Waals surface area contributed by atoms with Crippen LogP contribution in [0.1, 0.15) is 44.2 Å². The summed E-state index contributed by atoms with van der Waals surface area (Å²) >= 11 is 0. The average molecular weight is 464 g/mol. The van der Waals surface area contributed by atoms with Gasteiger partial charge in [-0.15, -0.1) is 0 Å². The lowest BCUT2D eigenvalue weighted by Gasteiger charge is -2.27. The van der Waals surface area contributed by atoms with Gasteiger partial charge in [-0.1, -0.05) is 30.3 Å². The molecule has 0 saturated carbocycles. The van der Waals surface area contributed by atoms with Gasteiger partial charge in [0.2, 0.25) is 5.88 Å². The van der Waals surface area contributed by atoms with E-state index >= 15 is 0 Å². The Hall–Kier alpha value is -4.14. The zero-order valence-electron chi connectivity index (χ0n) is 19.2. The predicted molar refractivity (Wildman–Crippen MR) is 124 cm³/mol. The third kappa shape index (κ3) is 4.36. The molecule has 4 rings (SSSR count). The maximum Gasteiger partial charge on any atom is 0.421 e. The standard InChI is InChI=1S/C25H24N2O7/c1-25(2,3)34-24(29)26-20-8-6-5-7-18(20)22-19(15-9-11-16(12-10-15)27(30)31)13-17(33-23(22)26)14-21(28)32-4/h5-12,14,19H,13H2,1-4H3/b17-14-. The molecule has 0 fully saturated rings. The number of aromatic nitrogens is 1. The lowest BCUT2D eigenvalue weighted by Crippen LogP contribution is -2.28. The van der Waals surface area contributed by atoms with E-state index in [1.54, 1.807) is 45.0 Å². The maximum absolute atomic E-state index is 13.2. The van der Waals surface area contributed by atoms with E-state index < -0.39 is 22.6 Å². The van der Waals surface area contributed by atoms with E-state index in [4.69, 9.17) is 14.2 Å². The fourth-order valence-electron chi connectivity index (χ4n) is 4.03. The number of benzene rings is 2. The first kappa shape index (κ1) is 23.0. The van der Waals surface area contributed by atoms with Gasteiger partial charge in [-0.25, -0.2) is 14.2 Å². The Bertz CT molecular complexity index is 1310. The number of allylic oxidation sites excluding steroid dienone is 1. The highest BCUT2D eigenvalue weighted by molar-refractivity contribution is 5.96. The molecule has 0 aliphatic carbocycles. The number of rotatable bonds is 3. The van der Waals surface area contributed by atoms with E-state index in [-0.39, 0.29) is 17.5 Å². The second-order valence-corrected chi connectivity index (χ2v) is 8.89. The first-order valence-electron chi connectivity index (χ1n) is 10.7. The number of para-hydroxylation sites is 1. The van der Waals surface area contributed by atoms with Crippen molar-refractivity contribution in [1.29, 1.82) is 0 Å². The molecule has 0 bridgehead atoms. The molecular formula is C25H24N2O7. The summed E-state index contributed by atoms with van der Waals surface area (Å²) in [4.78, 5) is 35.9. The number of fused-ring (bicyclic) bond motifs is 3. The van der Waals surface area contributed by atoms with E-state index in [2.05, 4.69) is 0 Å². The third-order valence-electron chi connectivity index (χ3n) is 5.41. The molecule has 1 aliphatic heterocycles. The van der Waals surface area contributed by atoms with Gasteiger partial charge in [-0.05, 0) is 32.4 Å². The van der Waals surface area contributed by atoms with Gasteiger partial charge in [-0.3, -0.25) is 10.1 Å². The number of nitrogens with zero attached hydrogens (tertiary/aromatic N) is 2. The smallest absolute Gasteiger partial charge is 0.421 e. The third-order valence-corrected chi connectivity index (χ3v) is 5.41. The second-order valence-electron chi connectivity index (χ2n) is 8.89. The Morgan fingerprint density at radius 3 is 2.44 bits per heavy atom. The number of non-ortho nitro benzene ring substituents is 1. The minimum absolute atomic E-state index is 0.0301. The van der Waals surface area contributed by atoms with Crippen LogP contribution in [-0.4, -0.2) is 34.3 Å². The highest BCUT2D eigenvalue weighted by Gasteiger charge is 2.36. The zero-order chi connectivity index (χ0) is 24.6. The molecule has 9 heteroatoms. The zero-order valence-corrected chi connectivity index (χ0v) is 19.2. The molecule has 1 unspecified atom stereocenters. The molecule has 1 aromatic heterocycles. The Labute approximate surface area is 195 Å². The molecule has 0 N–H and O–H groups in total. The van der Waals surface area contributed by atoms with Gasteiger partial charge in [0.25, 0.3) is 5.69 Å². The average Bonchev–Trinajstić information content (AvgIpc) is 3.11. The Morgan fingerprint density at radius 2 is 1.82 bits per heavy atom. The van der Waals surface area contributed by atoms with Crippen molar-refractivity contribution in [3.8, 4) is 5.88 Å². The molecule has 2 heterocycles. The Kier molecular flexibility index (Phi) is 5.87. The fourth-order valence-corrected chi connectivity index (χ4v) is 4.03. The summed E-state index contributed by atoms with van der Waals surface area (Å²) in [7, 11) is 1.26. The number of carbonyl (C=O) groups is 2. The lowest BCUT2D eigenvalue weighted by atomic mass is 9.85. The Morgan fingerprint density at radius 1 is 1.15 bits per heavy atom. The minimum Gasteiger partial charge on any atom is -0.466 e. The highest BCUT2D eigenvalue weighted by atomic mass is 16.6. The quantitative estimate of drug-likeness (QED) is 0.224. The molecule has 34 heavy (non-hydrogen) atoms. The number of hydrogen-bond acceptors (Lipinski definition) is 7. The van der Waals surface area contributed by atoms with Gasteiger partial charge in [0.15, 0.2) is 0 Å². The summed E-state index contributed by atoms with van der Waals surface area (Å²) < 4.78 is 17.8. The second kappa shape index (κ2) is 8.66. The minimum atomic E-state index is -0.744. The van der Waals surface area contributed by atoms with Gasteiger partial charge in [0, 0.05) is 35.4 Å². The maximum atomic E-state index is 13.2. The van der Waals surface area contributed by atoms with Crippen LogP contribution in [0.3, 0.4) is 0 Å². The van der Waals surface area contributed by atoms with Crippen molar-refractivity contribution in [2.24, 2.45) is 0 Å². The van der Waals surface area contributed by atoms with Crippen molar-refractivity contribution in [3.05, 3.63) is 81.6 Å². The number of esters is 1. The van der Waals surface area contributed by atoms with Crippen molar-refractivity contribution in [2.45, 2.75) is 38.7 Å². The van der Waals surface area contributed by atoms with Crippen LogP contribution in [0, 0.1) is 10.1 Å². The molecule has 0 spiro atoms. The highest BCUT2D eigenvalue weighted by Crippen LogP contribution is 2.47. The van der Waals surface area contributed by atoms with E-state index in [0.717, 1.165) is 16.5 Å². The van der Waals surface area contributed by atoms with Crippen LogP contribution >= 0.6 is 0 Å². The summed E-state index contributed by atoms with van der Waals surface area (Å²) in [5.74, 6) is -0.398. The molecule has 0 radical (unpaired) electrons. The van der Waals surface area contributed by atoms with Gasteiger partial charge in [-0.2, -0.15) is 0 Å². The van der Waals surface area contributed by atoms with E-state index in [9.17, 15) is 19.7 Å². The van der Waals surface area contributed by atoms with Crippen molar-refractivity contribution >= 4 is 28.7 Å². The Balaban J connectivity index is 1.95. The van der Waals surface area contributed by atoms with E-state index in [1.807, 2.05) is 12.1 Å². The van der Waals surface area contributed by atoms with Crippen molar-refractivity contribution in [1.82, 2.24) is 4.57 Å². The van der Waals surface area contributed by atoms with Crippen LogP contribution in [0.4, 0.5) is 10.5 Å². The number of ether oxygens (including phenoxy) is 3. The predicted octanol–water partition coefficient (Wildman–Crippen LogP) is 5.30. The van der Waals surface area contributed by atoms with Gasteiger partial charge < -0.3 is 14.2 Å². The largest absolute Gasteiger partial charge is 0.466 e. The fraction of sp³-hybridized carbons (Fsp3) is 0.280. The van der Waals surface area contributed by atoms with Gasteiger partial charge in [0.05, 0.1) is 23.6 Å². The van der Waals surface area contributed by atoms with Gasteiger partial charge in [0.1, 0.15) is 11.4 Å². The first-order chi connectivity index (χ1) is 16.1. The molecule has 1 atom stereocenters. The summed E-state index contributed by atoms with van der Waals surface area (Å²) in [6.45, 7) is 5.31. The molecule has 0 amide bonds. The number of nitro groups is 1. The normalized spacial score (nSPS) is 16.6. The van der Waals surface area contributed by atoms with Crippen LogP contribution < -0.4 is 4.74 Å². The summed E-state index contributed by atoms with van der Waals surface area (Å²) in [5.41, 5.74) is 1.33.